The van der Waals surface area contributed by atoms with Crippen molar-refractivity contribution < 1.29 is 9.53 Å². The normalized spacial score (nSPS) is 22.8. The molecule has 104 valence electrons. The summed E-state index contributed by atoms with van der Waals surface area (Å²) in [7, 11) is 1.54. The molecule has 1 aromatic rings. The summed E-state index contributed by atoms with van der Waals surface area (Å²) in [4.78, 5) is 16.0. The lowest BCUT2D eigenvalue weighted by Crippen LogP contribution is -2.34. The summed E-state index contributed by atoms with van der Waals surface area (Å²) in [5.41, 5.74) is 6.40. The van der Waals surface area contributed by atoms with Crippen LogP contribution in [0.25, 0.3) is 0 Å². The SMILES string of the molecule is COc1cnccc1C(=O)NCC1CCC(N)CC1. The summed E-state index contributed by atoms with van der Waals surface area (Å²) in [5, 5.41) is 2.97. The van der Waals surface area contributed by atoms with Gasteiger partial charge in [-0.05, 0) is 37.7 Å². The fourth-order valence-electron chi connectivity index (χ4n) is 2.45. The topological polar surface area (TPSA) is 77.2 Å². The summed E-state index contributed by atoms with van der Waals surface area (Å²) < 4.78 is 5.13. The van der Waals surface area contributed by atoms with E-state index in [0.717, 1.165) is 25.7 Å². The molecule has 0 unspecified atom stereocenters. The van der Waals surface area contributed by atoms with E-state index in [1.165, 1.54) is 7.11 Å². The summed E-state index contributed by atoms with van der Waals surface area (Å²) in [6.45, 7) is 0.705. The molecule has 1 heterocycles. The number of ether oxygens (including phenoxy) is 1. The lowest BCUT2D eigenvalue weighted by Gasteiger charge is -2.26. The highest BCUT2D eigenvalue weighted by Gasteiger charge is 2.20. The second kappa shape index (κ2) is 6.52. The summed E-state index contributed by atoms with van der Waals surface area (Å²) >= 11 is 0. The van der Waals surface area contributed by atoms with Crippen LogP contribution in [0.3, 0.4) is 0 Å². The molecule has 0 bridgehead atoms. The van der Waals surface area contributed by atoms with E-state index in [-0.39, 0.29) is 5.91 Å². The summed E-state index contributed by atoms with van der Waals surface area (Å²) in [6, 6.07) is 2.01. The standard InChI is InChI=1S/C14H21N3O2/c1-19-13-9-16-7-6-12(13)14(18)17-8-10-2-4-11(15)5-3-10/h6-7,9-11H,2-5,8,15H2,1H3,(H,17,18). The second-order valence-corrected chi connectivity index (χ2v) is 5.07. The largest absolute Gasteiger partial charge is 0.494 e. The molecule has 5 nitrogen and oxygen atoms in total. The van der Waals surface area contributed by atoms with Crippen molar-refractivity contribution in [3.63, 3.8) is 0 Å². The Hall–Kier alpha value is -1.62. The third-order valence-electron chi connectivity index (χ3n) is 3.69. The number of hydrogen-bond donors (Lipinski definition) is 2. The van der Waals surface area contributed by atoms with E-state index in [9.17, 15) is 4.79 Å². The minimum absolute atomic E-state index is 0.103. The van der Waals surface area contributed by atoms with E-state index in [4.69, 9.17) is 10.5 Å². The molecule has 1 amide bonds. The number of nitrogens with one attached hydrogen (secondary N) is 1. The summed E-state index contributed by atoms with van der Waals surface area (Å²) in [5.74, 6) is 0.941. The van der Waals surface area contributed by atoms with Gasteiger partial charge in [-0.15, -0.1) is 0 Å². The number of pyridine rings is 1. The van der Waals surface area contributed by atoms with Gasteiger partial charge in [0.05, 0.1) is 18.9 Å². The lowest BCUT2D eigenvalue weighted by atomic mass is 9.86. The van der Waals surface area contributed by atoms with Crippen LogP contribution in [0.4, 0.5) is 0 Å². The molecule has 1 saturated carbocycles. The molecule has 1 aromatic heterocycles. The zero-order valence-electron chi connectivity index (χ0n) is 11.3. The minimum Gasteiger partial charge on any atom is -0.494 e. The quantitative estimate of drug-likeness (QED) is 0.859. The van der Waals surface area contributed by atoms with Crippen molar-refractivity contribution in [3.8, 4) is 5.75 Å². The fraction of sp³-hybridized carbons (Fsp3) is 0.571. The number of hydrogen-bond acceptors (Lipinski definition) is 4. The Labute approximate surface area is 113 Å². The van der Waals surface area contributed by atoms with Gasteiger partial charge >= 0.3 is 0 Å². The van der Waals surface area contributed by atoms with Crippen LogP contribution >= 0.6 is 0 Å². The van der Waals surface area contributed by atoms with E-state index in [0.29, 0.717) is 29.8 Å². The maximum Gasteiger partial charge on any atom is 0.255 e. The first kappa shape index (κ1) is 13.8. The van der Waals surface area contributed by atoms with Gasteiger partial charge in [-0.3, -0.25) is 9.78 Å². The highest BCUT2D eigenvalue weighted by molar-refractivity contribution is 5.96. The Balaban J connectivity index is 1.87. The molecule has 0 spiro atoms. The van der Waals surface area contributed by atoms with Gasteiger partial charge in [0.25, 0.3) is 5.91 Å². The third-order valence-corrected chi connectivity index (χ3v) is 3.69. The predicted molar refractivity (Wildman–Crippen MR) is 73.1 cm³/mol. The Bertz CT molecular complexity index is 428. The first-order chi connectivity index (χ1) is 9.20. The van der Waals surface area contributed by atoms with Gasteiger partial charge in [-0.2, -0.15) is 0 Å². The number of carbonyl (C=O) groups excluding carboxylic acids is 1. The highest BCUT2D eigenvalue weighted by atomic mass is 16.5. The van der Waals surface area contributed by atoms with Crippen LogP contribution in [-0.2, 0) is 0 Å². The number of carbonyl (C=O) groups is 1. The van der Waals surface area contributed by atoms with Crippen LogP contribution in [0.5, 0.6) is 5.75 Å². The fourth-order valence-corrected chi connectivity index (χ4v) is 2.45. The van der Waals surface area contributed by atoms with Crippen molar-refractivity contribution in [1.82, 2.24) is 10.3 Å². The van der Waals surface area contributed by atoms with Crippen molar-refractivity contribution in [2.45, 2.75) is 31.7 Å². The molecule has 2 rings (SSSR count). The van der Waals surface area contributed by atoms with E-state index in [2.05, 4.69) is 10.3 Å². The van der Waals surface area contributed by atoms with Gasteiger partial charge in [0.1, 0.15) is 5.75 Å². The minimum atomic E-state index is -0.103. The molecule has 19 heavy (non-hydrogen) atoms. The Morgan fingerprint density at radius 3 is 2.89 bits per heavy atom. The monoisotopic (exact) mass is 263 g/mol. The van der Waals surface area contributed by atoms with E-state index >= 15 is 0 Å². The maximum atomic E-state index is 12.1. The number of amides is 1. The summed E-state index contributed by atoms with van der Waals surface area (Å²) in [6.07, 6.45) is 7.44. The van der Waals surface area contributed by atoms with Gasteiger partial charge in [0.2, 0.25) is 0 Å². The van der Waals surface area contributed by atoms with E-state index in [1.54, 1.807) is 18.5 Å². The molecule has 0 radical (unpaired) electrons. The van der Waals surface area contributed by atoms with Crippen LogP contribution in [0.2, 0.25) is 0 Å². The number of rotatable bonds is 4. The molecule has 1 fully saturated rings. The predicted octanol–water partition coefficient (Wildman–Crippen LogP) is 1.34. The van der Waals surface area contributed by atoms with Gasteiger partial charge in [0.15, 0.2) is 0 Å². The molecular formula is C14H21N3O2. The smallest absolute Gasteiger partial charge is 0.255 e. The molecule has 0 saturated heterocycles. The van der Waals surface area contributed by atoms with Crippen molar-refractivity contribution in [2.24, 2.45) is 11.7 Å². The Morgan fingerprint density at radius 2 is 2.21 bits per heavy atom. The van der Waals surface area contributed by atoms with Crippen LogP contribution < -0.4 is 15.8 Å². The second-order valence-electron chi connectivity index (χ2n) is 5.07. The molecular weight excluding hydrogens is 242 g/mol. The van der Waals surface area contributed by atoms with Crippen LogP contribution in [0, 0.1) is 5.92 Å². The van der Waals surface area contributed by atoms with Crippen LogP contribution in [0.15, 0.2) is 18.5 Å². The van der Waals surface area contributed by atoms with Crippen LogP contribution in [-0.4, -0.2) is 30.6 Å². The van der Waals surface area contributed by atoms with E-state index in [1.807, 2.05) is 0 Å². The van der Waals surface area contributed by atoms with Gasteiger partial charge in [-0.25, -0.2) is 0 Å². The molecule has 1 aliphatic carbocycles. The van der Waals surface area contributed by atoms with Crippen molar-refractivity contribution >= 4 is 5.91 Å². The molecule has 1 aliphatic rings. The molecule has 0 atom stereocenters. The first-order valence-corrected chi connectivity index (χ1v) is 6.72. The molecule has 0 aromatic carbocycles. The number of nitrogens with zero attached hydrogens (tertiary/aromatic N) is 1. The molecule has 0 aliphatic heterocycles. The van der Waals surface area contributed by atoms with Crippen molar-refractivity contribution in [2.75, 3.05) is 13.7 Å². The van der Waals surface area contributed by atoms with Crippen molar-refractivity contribution in [3.05, 3.63) is 24.0 Å². The number of nitrogens with two attached hydrogens (primary N) is 1. The molecule has 5 heteroatoms. The average Bonchev–Trinajstić information content (AvgIpc) is 2.46. The number of methoxy groups -OCH3 is 1. The average molecular weight is 263 g/mol. The van der Waals surface area contributed by atoms with Gasteiger partial charge in [-0.1, -0.05) is 0 Å². The highest BCUT2D eigenvalue weighted by Crippen LogP contribution is 2.22. The zero-order chi connectivity index (χ0) is 13.7. The van der Waals surface area contributed by atoms with Crippen LogP contribution in [0.1, 0.15) is 36.0 Å². The Kier molecular flexibility index (Phi) is 4.74. The Morgan fingerprint density at radius 1 is 1.47 bits per heavy atom. The van der Waals surface area contributed by atoms with Gasteiger partial charge in [0, 0.05) is 18.8 Å². The zero-order valence-corrected chi connectivity index (χ0v) is 11.3. The maximum absolute atomic E-state index is 12.1. The lowest BCUT2D eigenvalue weighted by molar-refractivity contribution is 0.0940. The van der Waals surface area contributed by atoms with Gasteiger partial charge < -0.3 is 15.8 Å². The van der Waals surface area contributed by atoms with Crippen molar-refractivity contribution in [1.29, 1.82) is 0 Å². The molecule has 3 N–H and O–H groups in total. The van der Waals surface area contributed by atoms with E-state index < -0.39 is 0 Å². The third kappa shape index (κ3) is 3.67. The number of aromatic nitrogens is 1. The first-order valence-electron chi connectivity index (χ1n) is 6.72.